The maximum atomic E-state index is 13.1. The molecule has 0 unspecified atom stereocenters. The Morgan fingerprint density at radius 3 is 2.58 bits per heavy atom. The van der Waals surface area contributed by atoms with Crippen LogP contribution in [0.1, 0.15) is 43.4 Å². The van der Waals surface area contributed by atoms with Gasteiger partial charge in [0.15, 0.2) is 0 Å². The molecule has 1 saturated heterocycles. The van der Waals surface area contributed by atoms with Crippen molar-refractivity contribution in [3.8, 4) is 5.75 Å². The smallest absolute Gasteiger partial charge is 0.325 e. The van der Waals surface area contributed by atoms with Gasteiger partial charge in [0.1, 0.15) is 11.3 Å². The summed E-state index contributed by atoms with van der Waals surface area (Å²) in [4.78, 5) is 42.3. The zero-order valence-corrected chi connectivity index (χ0v) is 18.5. The van der Waals surface area contributed by atoms with E-state index in [-0.39, 0.29) is 30.8 Å². The summed E-state index contributed by atoms with van der Waals surface area (Å²) in [6.45, 7) is 0.739. The summed E-state index contributed by atoms with van der Waals surface area (Å²) in [6, 6.07) is 11.0. The van der Waals surface area contributed by atoms with E-state index in [1.165, 1.54) is 4.90 Å². The van der Waals surface area contributed by atoms with E-state index in [4.69, 9.17) is 4.74 Å². The molecule has 0 atom stereocenters. The van der Waals surface area contributed by atoms with Crippen molar-refractivity contribution in [1.82, 2.24) is 10.2 Å². The molecule has 1 aliphatic heterocycles. The molecule has 164 valence electrons. The van der Waals surface area contributed by atoms with Crippen LogP contribution in [0.15, 0.2) is 41.8 Å². The van der Waals surface area contributed by atoms with Gasteiger partial charge < -0.3 is 15.0 Å². The van der Waals surface area contributed by atoms with Gasteiger partial charge in [0.05, 0.1) is 13.7 Å². The summed E-state index contributed by atoms with van der Waals surface area (Å²) in [7, 11) is 1.61. The quantitative estimate of drug-likeness (QED) is 0.630. The number of carbonyl (C=O) groups excluding carboxylic acids is 3. The summed E-state index contributed by atoms with van der Waals surface area (Å²) >= 11 is 1.60. The third-order valence-electron chi connectivity index (χ3n) is 6.05. The molecule has 0 bridgehead atoms. The summed E-state index contributed by atoms with van der Waals surface area (Å²) in [5.41, 5.74) is 0.0918. The molecule has 4 rings (SSSR count). The molecule has 2 heterocycles. The summed E-state index contributed by atoms with van der Waals surface area (Å²) in [5.74, 6) is 0.556. The average Bonchev–Trinajstić information content (AvgIpc) is 3.51. The zero-order chi connectivity index (χ0) is 21.8. The lowest BCUT2D eigenvalue weighted by Crippen LogP contribution is -2.44. The SMILES string of the molecule is COc1ccc(N(Cc2cccs2)C(=O)CCCN2C(=O)NC3(CCCC3)C2=O)cc1. The molecule has 1 aliphatic carbocycles. The van der Waals surface area contributed by atoms with Crippen molar-refractivity contribution in [3.05, 3.63) is 46.7 Å². The van der Waals surface area contributed by atoms with Gasteiger partial charge in [0, 0.05) is 23.5 Å². The molecule has 4 amide bonds. The first-order valence-electron chi connectivity index (χ1n) is 10.6. The van der Waals surface area contributed by atoms with E-state index in [0.717, 1.165) is 29.2 Å². The topological polar surface area (TPSA) is 79.0 Å². The van der Waals surface area contributed by atoms with E-state index in [0.29, 0.717) is 25.8 Å². The molecule has 7 nitrogen and oxygen atoms in total. The first kappa shape index (κ1) is 21.4. The summed E-state index contributed by atoms with van der Waals surface area (Å²) in [6.07, 6.45) is 4.01. The van der Waals surface area contributed by atoms with Crippen LogP contribution in [-0.4, -0.2) is 41.9 Å². The number of anilines is 1. The van der Waals surface area contributed by atoms with Crippen molar-refractivity contribution in [1.29, 1.82) is 0 Å². The van der Waals surface area contributed by atoms with Gasteiger partial charge in [0.2, 0.25) is 5.91 Å². The Bertz CT molecular complexity index is 936. The van der Waals surface area contributed by atoms with Crippen molar-refractivity contribution in [2.24, 2.45) is 0 Å². The molecule has 2 aliphatic rings. The lowest BCUT2D eigenvalue weighted by Gasteiger charge is -2.23. The third kappa shape index (κ3) is 4.44. The molecule has 31 heavy (non-hydrogen) atoms. The predicted octanol–water partition coefficient (Wildman–Crippen LogP) is 3.93. The molecular weight excluding hydrogens is 414 g/mol. The second kappa shape index (κ2) is 9.09. The van der Waals surface area contributed by atoms with Crippen LogP contribution < -0.4 is 15.0 Å². The van der Waals surface area contributed by atoms with E-state index < -0.39 is 5.54 Å². The van der Waals surface area contributed by atoms with Crippen LogP contribution in [0.3, 0.4) is 0 Å². The maximum Gasteiger partial charge on any atom is 0.325 e. The second-order valence-electron chi connectivity index (χ2n) is 8.04. The number of imide groups is 1. The van der Waals surface area contributed by atoms with Crippen molar-refractivity contribution < 1.29 is 19.1 Å². The minimum atomic E-state index is -0.699. The van der Waals surface area contributed by atoms with Crippen LogP contribution in [0.25, 0.3) is 0 Å². The molecular formula is C23H27N3O4S. The fourth-order valence-electron chi connectivity index (χ4n) is 4.36. The number of nitrogens with one attached hydrogen (secondary N) is 1. The Hall–Kier alpha value is -2.87. The molecule has 8 heteroatoms. The number of benzene rings is 1. The van der Waals surface area contributed by atoms with Crippen molar-refractivity contribution >= 4 is 34.9 Å². The highest BCUT2D eigenvalue weighted by Crippen LogP contribution is 2.35. The monoisotopic (exact) mass is 441 g/mol. The molecule has 1 N–H and O–H groups in total. The lowest BCUT2D eigenvalue weighted by molar-refractivity contribution is -0.131. The van der Waals surface area contributed by atoms with E-state index >= 15 is 0 Å². The number of thiophene rings is 1. The molecule has 0 radical (unpaired) electrons. The highest BCUT2D eigenvalue weighted by molar-refractivity contribution is 7.09. The highest BCUT2D eigenvalue weighted by Gasteiger charge is 2.52. The Kier molecular flexibility index (Phi) is 6.27. The summed E-state index contributed by atoms with van der Waals surface area (Å²) in [5, 5.41) is 4.88. The van der Waals surface area contributed by atoms with Gasteiger partial charge in [-0.25, -0.2) is 4.79 Å². The number of rotatable bonds is 8. The number of urea groups is 1. The molecule has 2 aromatic rings. The van der Waals surface area contributed by atoms with Gasteiger partial charge in [-0.3, -0.25) is 14.5 Å². The van der Waals surface area contributed by atoms with Crippen LogP contribution in [0, 0.1) is 0 Å². The van der Waals surface area contributed by atoms with Crippen LogP contribution in [0.2, 0.25) is 0 Å². The average molecular weight is 442 g/mol. The molecule has 1 aromatic carbocycles. The number of hydrogen-bond donors (Lipinski definition) is 1. The van der Waals surface area contributed by atoms with Gasteiger partial charge in [0.25, 0.3) is 5.91 Å². The fraction of sp³-hybridized carbons (Fsp3) is 0.435. The normalized spacial score (nSPS) is 17.3. The number of nitrogens with zero attached hydrogens (tertiary/aromatic N) is 2. The van der Waals surface area contributed by atoms with Gasteiger partial charge in [-0.1, -0.05) is 18.9 Å². The Morgan fingerprint density at radius 2 is 1.94 bits per heavy atom. The van der Waals surface area contributed by atoms with E-state index in [9.17, 15) is 14.4 Å². The number of methoxy groups -OCH3 is 1. The van der Waals surface area contributed by atoms with Crippen molar-refractivity contribution in [3.63, 3.8) is 0 Å². The minimum absolute atomic E-state index is 0.0406. The first-order valence-corrected chi connectivity index (χ1v) is 11.5. The molecule has 1 saturated carbocycles. The van der Waals surface area contributed by atoms with Crippen molar-refractivity contribution in [2.45, 2.75) is 50.6 Å². The Labute approximate surface area is 186 Å². The fourth-order valence-corrected chi connectivity index (χ4v) is 5.06. The zero-order valence-electron chi connectivity index (χ0n) is 17.6. The lowest BCUT2D eigenvalue weighted by atomic mass is 9.98. The van der Waals surface area contributed by atoms with Gasteiger partial charge in [-0.2, -0.15) is 0 Å². The largest absolute Gasteiger partial charge is 0.497 e. The number of hydrogen-bond acceptors (Lipinski definition) is 5. The molecule has 1 spiro atoms. The highest BCUT2D eigenvalue weighted by atomic mass is 32.1. The van der Waals surface area contributed by atoms with Crippen LogP contribution in [0.5, 0.6) is 5.75 Å². The maximum absolute atomic E-state index is 13.1. The molecule has 2 fully saturated rings. The van der Waals surface area contributed by atoms with Gasteiger partial charge in [-0.05, 0) is 55.0 Å². The van der Waals surface area contributed by atoms with Crippen LogP contribution in [0.4, 0.5) is 10.5 Å². The third-order valence-corrected chi connectivity index (χ3v) is 6.92. The standard InChI is InChI=1S/C23H27N3O4S/c1-30-18-10-8-17(9-11-18)26(16-19-6-5-15-31-19)20(27)7-4-14-25-21(28)23(24-22(25)29)12-2-3-13-23/h5-6,8-11,15H,2-4,7,12-14,16H2,1H3,(H,24,29). The van der Waals surface area contributed by atoms with Gasteiger partial charge >= 0.3 is 6.03 Å². The number of amides is 4. The van der Waals surface area contributed by atoms with Crippen LogP contribution >= 0.6 is 11.3 Å². The van der Waals surface area contributed by atoms with Crippen molar-refractivity contribution in [2.75, 3.05) is 18.6 Å². The number of carbonyl (C=O) groups is 3. The minimum Gasteiger partial charge on any atom is -0.497 e. The Balaban J connectivity index is 1.40. The van der Waals surface area contributed by atoms with E-state index in [1.54, 1.807) is 23.3 Å². The first-order chi connectivity index (χ1) is 15.0. The predicted molar refractivity (Wildman–Crippen MR) is 119 cm³/mol. The molecule has 1 aromatic heterocycles. The Morgan fingerprint density at radius 1 is 1.19 bits per heavy atom. The van der Waals surface area contributed by atoms with Crippen LogP contribution in [-0.2, 0) is 16.1 Å². The van der Waals surface area contributed by atoms with E-state index in [1.807, 2.05) is 41.8 Å². The van der Waals surface area contributed by atoms with E-state index in [2.05, 4.69) is 5.32 Å². The second-order valence-corrected chi connectivity index (χ2v) is 9.07. The summed E-state index contributed by atoms with van der Waals surface area (Å²) < 4.78 is 5.22. The van der Waals surface area contributed by atoms with Gasteiger partial charge in [-0.15, -0.1) is 11.3 Å². The number of ether oxygens (including phenoxy) is 1.